The Morgan fingerprint density at radius 1 is 1.21 bits per heavy atom. The molecule has 2 aromatic rings. The molecule has 0 saturated carbocycles. The highest BCUT2D eigenvalue weighted by Crippen LogP contribution is 2.31. The summed E-state index contributed by atoms with van der Waals surface area (Å²) in [5, 5.41) is 8.85. The van der Waals surface area contributed by atoms with Crippen LogP contribution < -0.4 is 5.73 Å². The monoisotopic (exact) mass is 243 g/mol. The van der Waals surface area contributed by atoms with Gasteiger partial charge in [-0.3, -0.25) is 0 Å². The highest BCUT2D eigenvalue weighted by atomic mass is 35.5. The van der Waals surface area contributed by atoms with Crippen molar-refractivity contribution in [2.45, 2.75) is 9.24 Å². The van der Waals surface area contributed by atoms with Crippen molar-refractivity contribution in [2.75, 3.05) is 5.73 Å². The van der Waals surface area contributed by atoms with Crippen LogP contribution in [-0.4, -0.2) is 10.2 Å². The van der Waals surface area contributed by atoms with E-state index in [-0.39, 0.29) is 0 Å². The van der Waals surface area contributed by atoms with Gasteiger partial charge < -0.3 is 5.73 Å². The van der Waals surface area contributed by atoms with Gasteiger partial charge in [0.1, 0.15) is 0 Å². The number of aromatic nitrogens is 2. The smallest absolute Gasteiger partial charge is 0.203 e. The van der Waals surface area contributed by atoms with E-state index in [0.29, 0.717) is 5.13 Å². The van der Waals surface area contributed by atoms with Gasteiger partial charge in [-0.15, -0.1) is 10.2 Å². The van der Waals surface area contributed by atoms with E-state index in [1.165, 1.54) is 23.1 Å². The Bertz CT molecular complexity index is 426. The van der Waals surface area contributed by atoms with Crippen LogP contribution in [-0.2, 0) is 0 Å². The minimum atomic E-state index is 0.487. The topological polar surface area (TPSA) is 51.8 Å². The molecule has 0 atom stereocenters. The van der Waals surface area contributed by atoms with Crippen LogP contribution in [0.25, 0.3) is 0 Å². The average molecular weight is 244 g/mol. The van der Waals surface area contributed by atoms with E-state index in [0.717, 1.165) is 14.3 Å². The number of hydrogen-bond acceptors (Lipinski definition) is 5. The Morgan fingerprint density at radius 2 is 1.93 bits per heavy atom. The normalized spacial score (nSPS) is 10.4. The molecule has 0 amide bonds. The summed E-state index contributed by atoms with van der Waals surface area (Å²) in [6.07, 6.45) is 0. The van der Waals surface area contributed by atoms with Crippen molar-refractivity contribution in [1.82, 2.24) is 10.2 Å². The lowest BCUT2D eigenvalue weighted by atomic mass is 10.4. The number of benzene rings is 1. The van der Waals surface area contributed by atoms with Gasteiger partial charge >= 0.3 is 0 Å². The molecule has 0 bridgehead atoms. The standard InChI is InChI=1S/C8H6ClN3S2/c9-5-1-3-6(4-2-5)13-8-12-11-7(10)14-8/h1-4H,(H2,10,11). The van der Waals surface area contributed by atoms with Crippen LogP contribution in [0, 0.1) is 0 Å². The summed E-state index contributed by atoms with van der Waals surface area (Å²) in [4.78, 5) is 1.07. The number of halogens is 1. The first-order chi connectivity index (χ1) is 6.74. The summed E-state index contributed by atoms with van der Waals surface area (Å²) in [5.74, 6) is 0. The Kier molecular flexibility index (Phi) is 2.90. The van der Waals surface area contributed by atoms with Crippen molar-refractivity contribution in [1.29, 1.82) is 0 Å². The lowest BCUT2D eigenvalue weighted by Gasteiger charge is -1.95. The van der Waals surface area contributed by atoms with Gasteiger partial charge in [0, 0.05) is 9.92 Å². The zero-order chi connectivity index (χ0) is 9.97. The lowest BCUT2D eigenvalue weighted by Crippen LogP contribution is -1.79. The first kappa shape index (κ1) is 9.76. The Balaban J connectivity index is 2.15. The molecule has 72 valence electrons. The molecule has 6 heteroatoms. The molecule has 2 N–H and O–H groups in total. The van der Waals surface area contributed by atoms with Crippen LogP contribution >= 0.6 is 34.7 Å². The van der Waals surface area contributed by atoms with Gasteiger partial charge in [-0.2, -0.15) is 0 Å². The minimum Gasteiger partial charge on any atom is -0.374 e. The molecule has 0 spiro atoms. The number of nitrogens with zero attached hydrogens (tertiary/aromatic N) is 2. The first-order valence-electron chi connectivity index (χ1n) is 3.76. The van der Waals surface area contributed by atoms with E-state index in [4.69, 9.17) is 17.3 Å². The fraction of sp³-hybridized carbons (Fsp3) is 0. The second-order valence-corrected chi connectivity index (χ2v) is 5.23. The van der Waals surface area contributed by atoms with Gasteiger partial charge in [0.15, 0.2) is 4.34 Å². The van der Waals surface area contributed by atoms with Crippen LogP contribution in [0.2, 0.25) is 5.02 Å². The van der Waals surface area contributed by atoms with Gasteiger partial charge in [-0.05, 0) is 24.3 Å². The second-order valence-electron chi connectivity index (χ2n) is 2.46. The van der Waals surface area contributed by atoms with E-state index in [2.05, 4.69) is 10.2 Å². The minimum absolute atomic E-state index is 0.487. The van der Waals surface area contributed by atoms with Crippen molar-refractivity contribution in [3.63, 3.8) is 0 Å². The van der Waals surface area contributed by atoms with Crippen LogP contribution in [0.3, 0.4) is 0 Å². The maximum atomic E-state index is 5.76. The van der Waals surface area contributed by atoms with Crippen LogP contribution in [0.15, 0.2) is 33.5 Å². The zero-order valence-corrected chi connectivity index (χ0v) is 9.36. The molecule has 1 aromatic carbocycles. The number of nitrogens with two attached hydrogens (primary N) is 1. The fourth-order valence-corrected chi connectivity index (χ4v) is 2.60. The predicted molar refractivity (Wildman–Crippen MR) is 59.9 cm³/mol. The van der Waals surface area contributed by atoms with Crippen LogP contribution in [0.5, 0.6) is 0 Å². The average Bonchev–Trinajstić information content (AvgIpc) is 2.56. The lowest BCUT2D eigenvalue weighted by molar-refractivity contribution is 1.02. The van der Waals surface area contributed by atoms with E-state index in [1.807, 2.05) is 24.3 Å². The van der Waals surface area contributed by atoms with Crippen LogP contribution in [0.1, 0.15) is 0 Å². The van der Waals surface area contributed by atoms with E-state index < -0.39 is 0 Å². The third-order valence-electron chi connectivity index (χ3n) is 1.44. The van der Waals surface area contributed by atoms with Crippen molar-refractivity contribution in [3.05, 3.63) is 29.3 Å². The Hall–Kier alpha value is -0.780. The quantitative estimate of drug-likeness (QED) is 0.881. The summed E-state index contributed by atoms with van der Waals surface area (Å²) in [7, 11) is 0. The zero-order valence-electron chi connectivity index (χ0n) is 6.98. The first-order valence-corrected chi connectivity index (χ1v) is 5.77. The summed E-state index contributed by atoms with van der Waals surface area (Å²) < 4.78 is 0.838. The molecule has 0 aliphatic carbocycles. The summed E-state index contributed by atoms with van der Waals surface area (Å²) in [6, 6.07) is 7.55. The van der Waals surface area contributed by atoms with Gasteiger partial charge in [0.25, 0.3) is 0 Å². The number of rotatable bonds is 2. The molecular formula is C8H6ClN3S2. The fourth-order valence-electron chi connectivity index (χ4n) is 0.865. The predicted octanol–water partition coefficient (Wildman–Crippen LogP) is 2.92. The number of hydrogen-bond donors (Lipinski definition) is 1. The molecule has 0 aliphatic heterocycles. The molecule has 0 aliphatic rings. The molecule has 2 rings (SSSR count). The maximum Gasteiger partial charge on any atom is 0.203 e. The molecule has 1 heterocycles. The second kappa shape index (κ2) is 4.16. The van der Waals surface area contributed by atoms with Crippen molar-refractivity contribution in [2.24, 2.45) is 0 Å². The molecule has 0 radical (unpaired) electrons. The summed E-state index contributed by atoms with van der Waals surface area (Å²) >= 11 is 8.66. The van der Waals surface area contributed by atoms with E-state index in [1.54, 1.807) is 0 Å². The molecule has 0 fully saturated rings. The van der Waals surface area contributed by atoms with E-state index >= 15 is 0 Å². The van der Waals surface area contributed by atoms with Crippen molar-refractivity contribution in [3.8, 4) is 0 Å². The highest BCUT2D eigenvalue weighted by molar-refractivity contribution is 8.01. The summed E-state index contributed by atoms with van der Waals surface area (Å²) in [6.45, 7) is 0. The molecule has 0 unspecified atom stereocenters. The number of anilines is 1. The Morgan fingerprint density at radius 3 is 2.50 bits per heavy atom. The van der Waals surface area contributed by atoms with Crippen molar-refractivity contribution < 1.29 is 0 Å². The largest absolute Gasteiger partial charge is 0.374 e. The maximum absolute atomic E-state index is 5.76. The van der Waals surface area contributed by atoms with Gasteiger partial charge in [0.05, 0.1) is 0 Å². The Labute approximate surface area is 94.3 Å². The van der Waals surface area contributed by atoms with Gasteiger partial charge in [-0.25, -0.2) is 0 Å². The number of nitrogen functional groups attached to an aromatic ring is 1. The molecule has 0 saturated heterocycles. The third kappa shape index (κ3) is 2.37. The molecule has 3 nitrogen and oxygen atoms in total. The van der Waals surface area contributed by atoms with Crippen LogP contribution in [0.4, 0.5) is 5.13 Å². The van der Waals surface area contributed by atoms with E-state index in [9.17, 15) is 0 Å². The molecular weight excluding hydrogens is 238 g/mol. The molecule has 14 heavy (non-hydrogen) atoms. The van der Waals surface area contributed by atoms with Gasteiger partial charge in [0.2, 0.25) is 5.13 Å². The van der Waals surface area contributed by atoms with Gasteiger partial charge in [-0.1, -0.05) is 34.7 Å². The third-order valence-corrected chi connectivity index (χ3v) is 3.50. The highest BCUT2D eigenvalue weighted by Gasteiger charge is 2.02. The van der Waals surface area contributed by atoms with Crippen molar-refractivity contribution >= 4 is 39.8 Å². The molecule has 1 aromatic heterocycles. The SMILES string of the molecule is Nc1nnc(Sc2ccc(Cl)cc2)s1. The summed E-state index contributed by atoms with van der Waals surface area (Å²) in [5.41, 5.74) is 5.47.